The van der Waals surface area contributed by atoms with E-state index in [1.54, 1.807) is 10.9 Å². The van der Waals surface area contributed by atoms with Crippen LogP contribution < -0.4 is 10.6 Å². The topological polar surface area (TPSA) is 71.8 Å². The highest BCUT2D eigenvalue weighted by Gasteiger charge is 2.28. The summed E-state index contributed by atoms with van der Waals surface area (Å²) in [5.74, 6) is 0.455. The molecule has 0 spiro atoms. The van der Waals surface area contributed by atoms with Gasteiger partial charge in [0.1, 0.15) is 0 Å². The average molecular weight is 237 g/mol. The number of hydrogen-bond acceptors (Lipinski definition) is 4. The van der Waals surface area contributed by atoms with Gasteiger partial charge in [0.25, 0.3) is 0 Å². The third kappa shape index (κ3) is 2.63. The van der Waals surface area contributed by atoms with E-state index in [9.17, 15) is 4.79 Å². The minimum atomic E-state index is -0.0939. The molecule has 2 unspecified atom stereocenters. The second kappa shape index (κ2) is 5.27. The first-order valence-corrected chi connectivity index (χ1v) is 6.08. The molecule has 0 aromatic carbocycles. The van der Waals surface area contributed by atoms with E-state index in [2.05, 4.69) is 20.9 Å². The quantitative estimate of drug-likeness (QED) is 0.763. The molecule has 1 aromatic heterocycles. The van der Waals surface area contributed by atoms with Gasteiger partial charge in [0.05, 0.1) is 17.9 Å². The minimum Gasteiger partial charge on any atom is -0.355 e. The van der Waals surface area contributed by atoms with Crippen molar-refractivity contribution in [1.82, 2.24) is 25.6 Å². The number of carbonyl (C=O) groups excluding carboxylic acids is 1. The summed E-state index contributed by atoms with van der Waals surface area (Å²) in [5.41, 5.74) is 1.11. The summed E-state index contributed by atoms with van der Waals surface area (Å²) in [6, 6.07) is -0.0939. The monoisotopic (exact) mass is 237 g/mol. The van der Waals surface area contributed by atoms with E-state index >= 15 is 0 Å². The zero-order valence-electron chi connectivity index (χ0n) is 10.3. The summed E-state index contributed by atoms with van der Waals surface area (Å²) in [5, 5.41) is 13.9. The van der Waals surface area contributed by atoms with Crippen LogP contribution in [0.2, 0.25) is 0 Å². The fraction of sp³-hybridized carbons (Fsp3) is 0.727. The molecule has 2 rings (SSSR count). The molecule has 2 atom stereocenters. The second-order valence-corrected chi connectivity index (χ2v) is 4.41. The predicted octanol–water partition coefficient (Wildman–Crippen LogP) is -0.213. The number of carbonyl (C=O) groups is 1. The Morgan fingerprint density at radius 1 is 1.71 bits per heavy atom. The molecule has 6 heteroatoms. The molecule has 94 valence electrons. The summed E-state index contributed by atoms with van der Waals surface area (Å²) >= 11 is 0. The molecule has 1 aliphatic rings. The molecule has 0 radical (unpaired) electrons. The van der Waals surface area contributed by atoms with Gasteiger partial charge in [0, 0.05) is 19.5 Å². The molecular weight excluding hydrogens is 218 g/mol. The number of nitrogens with zero attached hydrogens (tertiary/aromatic N) is 3. The van der Waals surface area contributed by atoms with Gasteiger partial charge >= 0.3 is 0 Å². The summed E-state index contributed by atoms with van der Waals surface area (Å²) in [6.45, 7) is 3.47. The molecule has 17 heavy (non-hydrogen) atoms. The van der Waals surface area contributed by atoms with Crippen LogP contribution in [0.3, 0.4) is 0 Å². The highest BCUT2D eigenvalue weighted by Crippen LogP contribution is 2.26. The van der Waals surface area contributed by atoms with Crippen molar-refractivity contribution in [3.63, 3.8) is 0 Å². The molecule has 2 N–H and O–H groups in total. The first-order chi connectivity index (χ1) is 8.22. The fourth-order valence-electron chi connectivity index (χ4n) is 2.35. The number of amides is 1. The van der Waals surface area contributed by atoms with E-state index in [1.807, 2.05) is 14.0 Å². The van der Waals surface area contributed by atoms with Gasteiger partial charge in [-0.05, 0) is 26.3 Å². The van der Waals surface area contributed by atoms with Crippen molar-refractivity contribution < 1.29 is 4.79 Å². The van der Waals surface area contributed by atoms with Crippen molar-refractivity contribution in [3.05, 3.63) is 11.9 Å². The maximum atomic E-state index is 11.8. The highest BCUT2D eigenvalue weighted by molar-refractivity contribution is 5.81. The molecule has 1 aliphatic heterocycles. The third-order valence-corrected chi connectivity index (χ3v) is 3.24. The van der Waals surface area contributed by atoms with Crippen LogP contribution in [0.15, 0.2) is 6.20 Å². The molecule has 1 saturated heterocycles. The largest absolute Gasteiger partial charge is 0.355 e. The van der Waals surface area contributed by atoms with Gasteiger partial charge in [-0.25, -0.2) is 0 Å². The van der Waals surface area contributed by atoms with E-state index in [1.165, 1.54) is 0 Å². The van der Waals surface area contributed by atoms with Crippen LogP contribution in [0.4, 0.5) is 0 Å². The molecule has 1 aromatic rings. The number of aryl methyl sites for hydroxylation is 1. The lowest BCUT2D eigenvalue weighted by atomic mass is 9.89. The van der Waals surface area contributed by atoms with Gasteiger partial charge in [-0.1, -0.05) is 5.21 Å². The Balaban J connectivity index is 2.02. The van der Waals surface area contributed by atoms with E-state index in [0.29, 0.717) is 12.5 Å². The predicted molar refractivity (Wildman–Crippen MR) is 63.5 cm³/mol. The zero-order valence-corrected chi connectivity index (χ0v) is 10.3. The van der Waals surface area contributed by atoms with Crippen molar-refractivity contribution in [2.75, 3.05) is 13.1 Å². The number of nitrogens with one attached hydrogen (secondary N) is 2. The summed E-state index contributed by atoms with van der Waals surface area (Å²) in [6.07, 6.45) is 3.63. The van der Waals surface area contributed by atoms with Crippen molar-refractivity contribution >= 4 is 5.91 Å². The third-order valence-electron chi connectivity index (χ3n) is 3.24. The number of aromatic nitrogens is 3. The Kier molecular flexibility index (Phi) is 3.73. The SMILES string of the molecule is CCNC(=O)C1CC(c2cnnn2C)CCN1. The molecule has 2 heterocycles. The maximum absolute atomic E-state index is 11.8. The average Bonchev–Trinajstić information content (AvgIpc) is 2.76. The van der Waals surface area contributed by atoms with Crippen LogP contribution in [0.5, 0.6) is 0 Å². The van der Waals surface area contributed by atoms with Crippen molar-refractivity contribution in [1.29, 1.82) is 0 Å². The van der Waals surface area contributed by atoms with Gasteiger partial charge < -0.3 is 10.6 Å². The zero-order chi connectivity index (χ0) is 12.3. The van der Waals surface area contributed by atoms with Crippen LogP contribution in [0.25, 0.3) is 0 Å². The lowest BCUT2D eigenvalue weighted by molar-refractivity contribution is -0.123. The molecule has 1 fully saturated rings. The number of rotatable bonds is 3. The van der Waals surface area contributed by atoms with Gasteiger partial charge in [-0.15, -0.1) is 5.10 Å². The Morgan fingerprint density at radius 3 is 3.18 bits per heavy atom. The Morgan fingerprint density at radius 2 is 2.53 bits per heavy atom. The van der Waals surface area contributed by atoms with Crippen LogP contribution in [-0.2, 0) is 11.8 Å². The molecular formula is C11H19N5O. The van der Waals surface area contributed by atoms with E-state index < -0.39 is 0 Å². The number of piperidine rings is 1. The number of likely N-dealkylation sites (N-methyl/N-ethyl adjacent to an activating group) is 1. The first-order valence-electron chi connectivity index (χ1n) is 6.08. The fourth-order valence-corrected chi connectivity index (χ4v) is 2.35. The lowest BCUT2D eigenvalue weighted by Crippen LogP contribution is -2.48. The number of hydrogen-bond donors (Lipinski definition) is 2. The Bertz CT molecular complexity index is 389. The van der Waals surface area contributed by atoms with Crippen molar-refractivity contribution in [2.24, 2.45) is 7.05 Å². The van der Waals surface area contributed by atoms with Crippen LogP contribution in [0.1, 0.15) is 31.4 Å². The molecule has 0 aliphatic carbocycles. The Labute approximate surface area is 101 Å². The van der Waals surface area contributed by atoms with E-state index in [4.69, 9.17) is 0 Å². The normalized spacial score (nSPS) is 24.6. The van der Waals surface area contributed by atoms with Crippen LogP contribution >= 0.6 is 0 Å². The van der Waals surface area contributed by atoms with Gasteiger partial charge in [0.15, 0.2) is 0 Å². The molecule has 0 bridgehead atoms. The summed E-state index contributed by atoms with van der Waals surface area (Å²) in [4.78, 5) is 11.8. The smallest absolute Gasteiger partial charge is 0.237 e. The summed E-state index contributed by atoms with van der Waals surface area (Å²) in [7, 11) is 1.89. The molecule has 6 nitrogen and oxygen atoms in total. The summed E-state index contributed by atoms with van der Waals surface area (Å²) < 4.78 is 1.80. The first kappa shape index (κ1) is 12.0. The van der Waals surface area contributed by atoms with Gasteiger partial charge in [-0.2, -0.15) is 0 Å². The van der Waals surface area contributed by atoms with E-state index in [-0.39, 0.29) is 11.9 Å². The molecule has 1 amide bonds. The minimum absolute atomic E-state index is 0.0901. The van der Waals surface area contributed by atoms with Crippen LogP contribution in [-0.4, -0.2) is 40.0 Å². The van der Waals surface area contributed by atoms with Crippen molar-refractivity contribution in [2.45, 2.75) is 31.7 Å². The standard InChI is InChI=1S/C11H19N5O/c1-3-12-11(17)9-6-8(4-5-13-9)10-7-14-15-16(10)2/h7-9,13H,3-6H2,1-2H3,(H,12,17). The maximum Gasteiger partial charge on any atom is 0.237 e. The second-order valence-electron chi connectivity index (χ2n) is 4.41. The highest BCUT2D eigenvalue weighted by atomic mass is 16.2. The van der Waals surface area contributed by atoms with E-state index in [0.717, 1.165) is 25.1 Å². The Hall–Kier alpha value is -1.43. The van der Waals surface area contributed by atoms with Crippen LogP contribution in [0, 0.1) is 0 Å². The van der Waals surface area contributed by atoms with Gasteiger partial charge in [0.2, 0.25) is 5.91 Å². The van der Waals surface area contributed by atoms with Crippen molar-refractivity contribution in [3.8, 4) is 0 Å². The molecule has 0 saturated carbocycles. The lowest BCUT2D eigenvalue weighted by Gasteiger charge is -2.29. The van der Waals surface area contributed by atoms with Gasteiger partial charge in [-0.3, -0.25) is 9.48 Å².